The number of amides is 1. The molecular weight excluding hydrogens is 338 g/mol. The summed E-state index contributed by atoms with van der Waals surface area (Å²) in [6, 6.07) is 13.3. The molecule has 2 aromatic rings. The van der Waals surface area contributed by atoms with Crippen LogP contribution in [-0.2, 0) is 0 Å². The maximum Gasteiger partial charge on any atom is 0.271 e. The first-order valence-electron chi connectivity index (χ1n) is 9.17. The summed E-state index contributed by atoms with van der Waals surface area (Å²) < 4.78 is 5.14. The normalized spacial score (nSPS) is 18.3. The van der Waals surface area contributed by atoms with Gasteiger partial charge in [0, 0.05) is 23.8 Å². The second-order valence-electron chi connectivity index (χ2n) is 7.73. The Morgan fingerprint density at radius 2 is 2.07 bits per heavy atom. The van der Waals surface area contributed by atoms with E-state index >= 15 is 0 Å². The third-order valence-corrected chi connectivity index (χ3v) is 5.37. The summed E-state index contributed by atoms with van der Waals surface area (Å²) >= 11 is 0. The van der Waals surface area contributed by atoms with Gasteiger partial charge < -0.3 is 9.64 Å². The summed E-state index contributed by atoms with van der Waals surface area (Å²) in [6.45, 7) is 6.81. The summed E-state index contributed by atoms with van der Waals surface area (Å²) in [6.07, 6.45) is 2.79. The Kier molecular flexibility index (Phi) is 5.22. The van der Waals surface area contributed by atoms with Crippen LogP contribution in [-0.4, -0.2) is 31.8 Å². The fraction of sp³-hybridized carbons (Fsp3) is 0.364. The van der Waals surface area contributed by atoms with Gasteiger partial charge in [-0.2, -0.15) is 5.10 Å². The van der Waals surface area contributed by atoms with Crippen LogP contribution in [0.5, 0.6) is 5.75 Å². The zero-order chi connectivity index (χ0) is 19.6. The van der Waals surface area contributed by atoms with Crippen molar-refractivity contribution < 1.29 is 9.53 Å². The molecule has 0 unspecified atom stereocenters. The van der Waals surface area contributed by atoms with Gasteiger partial charge in [-0.1, -0.05) is 19.1 Å². The van der Waals surface area contributed by atoms with E-state index in [2.05, 4.69) is 55.4 Å². The Balaban J connectivity index is 1.73. The summed E-state index contributed by atoms with van der Waals surface area (Å²) in [5, 5.41) is 4.12. The topological polar surface area (TPSA) is 53.9 Å². The Hall–Kier alpha value is -2.82. The van der Waals surface area contributed by atoms with Crippen LogP contribution in [0.1, 0.15) is 54.6 Å². The van der Waals surface area contributed by atoms with Crippen molar-refractivity contribution in [3.8, 4) is 5.75 Å². The van der Waals surface area contributed by atoms with E-state index in [0.29, 0.717) is 17.2 Å². The van der Waals surface area contributed by atoms with Gasteiger partial charge in [-0.15, -0.1) is 0 Å². The van der Waals surface area contributed by atoms with Crippen LogP contribution in [0.15, 0.2) is 47.6 Å². The third kappa shape index (κ3) is 3.97. The highest BCUT2D eigenvalue weighted by molar-refractivity contribution is 5.95. The van der Waals surface area contributed by atoms with E-state index in [0.717, 1.165) is 12.0 Å². The molecule has 1 amide bonds. The highest BCUT2D eigenvalue weighted by Crippen LogP contribution is 2.42. The number of ether oxygens (including phenoxy) is 1. The number of anilines is 1. The maximum absolute atomic E-state index is 12.2. The first-order valence-corrected chi connectivity index (χ1v) is 9.17. The average molecular weight is 365 g/mol. The Labute approximate surface area is 161 Å². The molecule has 0 saturated heterocycles. The molecule has 1 N–H and O–H groups in total. The third-order valence-electron chi connectivity index (χ3n) is 5.37. The number of carbonyl (C=O) groups excluding carboxylic acids is 1. The second-order valence-corrected chi connectivity index (χ2v) is 7.73. The van der Waals surface area contributed by atoms with Crippen LogP contribution < -0.4 is 15.1 Å². The van der Waals surface area contributed by atoms with E-state index in [1.54, 1.807) is 37.6 Å². The molecule has 0 aromatic heterocycles. The first-order chi connectivity index (χ1) is 12.8. The van der Waals surface area contributed by atoms with Crippen molar-refractivity contribution in [2.45, 2.75) is 38.6 Å². The van der Waals surface area contributed by atoms with Gasteiger partial charge >= 0.3 is 0 Å². The molecule has 0 fully saturated rings. The van der Waals surface area contributed by atoms with E-state index in [4.69, 9.17) is 4.74 Å². The molecule has 1 atom stereocenters. The summed E-state index contributed by atoms with van der Waals surface area (Å²) in [5.74, 6) is 0.853. The van der Waals surface area contributed by atoms with Crippen molar-refractivity contribution in [3.05, 3.63) is 59.2 Å². The van der Waals surface area contributed by atoms with E-state index in [1.165, 1.54) is 11.3 Å². The number of rotatable bonds is 4. The second kappa shape index (κ2) is 7.43. The number of benzene rings is 2. The zero-order valence-corrected chi connectivity index (χ0v) is 16.6. The molecule has 0 aliphatic carbocycles. The molecule has 142 valence electrons. The molecule has 3 rings (SSSR count). The predicted molar refractivity (Wildman–Crippen MR) is 110 cm³/mol. The Morgan fingerprint density at radius 1 is 1.30 bits per heavy atom. The van der Waals surface area contributed by atoms with Gasteiger partial charge in [0.2, 0.25) is 0 Å². The average Bonchev–Trinajstić information content (AvgIpc) is 2.66. The van der Waals surface area contributed by atoms with Gasteiger partial charge in [0.1, 0.15) is 5.75 Å². The van der Waals surface area contributed by atoms with Crippen LogP contribution in [0.2, 0.25) is 0 Å². The minimum Gasteiger partial charge on any atom is -0.497 e. The molecule has 1 aliphatic rings. The molecule has 1 aliphatic heterocycles. The van der Waals surface area contributed by atoms with Crippen LogP contribution in [0.3, 0.4) is 0 Å². The van der Waals surface area contributed by atoms with Gasteiger partial charge in [0.05, 0.1) is 13.3 Å². The highest BCUT2D eigenvalue weighted by Gasteiger charge is 2.33. The molecular formula is C22H27N3O2. The molecule has 0 radical (unpaired) electrons. The first kappa shape index (κ1) is 19.0. The number of hydrogen-bond acceptors (Lipinski definition) is 4. The SMILES string of the molecule is COc1cccc(C(=O)N/N=C\c2ccc3c(c2)[C@@H](C)CC(C)(C)N3C)c1. The lowest BCUT2D eigenvalue weighted by atomic mass is 9.80. The maximum atomic E-state index is 12.2. The number of nitrogens with zero attached hydrogens (tertiary/aromatic N) is 2. The Bertz CT molecular complexity index is 874. The number of nitrogens with one attached hydrogen (secondary N) is 1. The molecule has 27 heavy (non-hydrogen) atoms. The number of carbonyl (C=O) groups is 1. The molecule has 2 aromatic carbocycles. The van der Waals surface area contributed by atoms with Gasteiger partial charge in [-0.25, -0.2) is 5.43 Å². The van der Waals surface area contributed by atoms with E-state index in [-0.39, 0.29) is 11.4 Å². The minimum absolute atomic E-state index is 0.146. The molecule has 0 saturated carbocycles. The molecule has 1 heterocycles. The lowest BCUT2D eigenvalue weighted by Crippen LogP contribution is -2.45. The fourth-order valence-corrected chi connectivity index (χ4v) is 3.67. The number of hydrazone groups is 1. The largest absolute Gasteiger partial charge is 0.497 e. The van der Waals surface area contributed by atoms with Crippen LogP contribution in [0.4, 0.5) is 5.69 Å². The van der Waals surface area contributed by atoms with Crippen molar-refractivity contribution in [3.63, 3.8) is 0 Å². The van der Waals surface area contributed by atoms with Crippen molar-refractivity contribution in [1.82, 2.24) is 5.43 Å². The lowest BCUT2D eigenvalue weighted by molar-refractivity contribution is 0.0955. The highest BCUT2D eigenvalue weighted by atomic mass is 16.5. The minimum atomic E-state index is -0.266. The van der Waals surface area contributed by atoms with E-state index < -0.39 is 0 Å². The van der Waals surface area contributed by atoms with Crippen LogP contribution in [0.25, 0.3) is 0 Å². The molecule has 5 nitrogen and oxygen atoms in total. The molecule has 0 spiro atoms. The van der Waals surface area contributed by atoms with Crippen molar-refractivity contribution in [2.75, 3.05) is 19.1 Å². The lowest BCUT2D eigenvalue weighted by Gasteiger charge is -2.45. The molecule has 0 bridgehead atoms. The summed E-state index contributed by atoms with van der Waals surface area (Å²) in [4.78, 5) is 14.6. The molecule has 5 heteroatoms. The Morgan fingerprint density at radius 3 is 2.81 bits per heavy atom. The monoisotopic (exact) mass is 365 g/mol. The van der Waals surface area contributed by atoms with Crippen molar-refractivity contribution >= 4 is 17.8 Å². The smallest absolute Gasteiger partial charge is 0.271 e. The number of hydrogen-bond donors (Lipinski definition) is 1. The van der Waals surface area contributed by atoms with E-state index in [1.807, 2.05) is 6.07 Å². The van der Waals surface area contributed by atoms with Crippen LogP contribution in [0, 0.1) is 0 Å². The van der Waals surface area contributed by atoms with Crippen LogP contribution >= 0.6 is 0 Å². The van der Waals surface area contributed by atoms with E-state index in [9.17, 15) is 4.79 Å². The number of methoxy groups -OCH3 is 1. The fourth-order valence-electron chi connectivity index (χ4n) is 3.67. The van der Waals surface area contributed by atoms with Crippen molar-refractivity contribution in [1.29, 1.82) is 0 Å². The standard InChI is InChI=1S/C22H27N3O2/c1-15-13-22(2,3)25(4)20-10-9-16(11-19(15)20)14-23-24-21(26)17-7-6-8-18(12-17)27-5/h6-12,14-15H,13H2,1-5H3,(H,24,26)/b23-14-/t15-/m0/s1. The van der Waals surface area contributed by atoms with Gasteiger partial charge in [0.25, 0.3) is 5.91 Å². The van der Waals surface area contributed by atoms with Gasteiger partial charge in [0.15, 0.2) is 0 Å². The summed E-state index contributed by atoms with van der Waals surface area (Å²) in [7, 11) is 3.72. The summed E-state index contributed by atoms with van der Waals surface area (Å²) in [5.41, 5.74) is 6.78. The van der Waals surface area contributed by atoms with Gasteiger partial charge in [-0.05, 0) is 67.6 Å². The zero-order valence-electron chi connectivity index (χ0n) is 16.6. The van der Waals surface area contributed by atoms with Gasteiger partial charge in [-0.3, -0.25) is 4.79 Å². The predicted octanol–water partition coefficient (Wildman–Crippen LogP) is 4.18. The quantitative estimate of drug-likeness (QED) is 0.653. The van der Waals surface area contributed by atoms with Crippen molar-refractivity contribution in [2.24, 2.45) is 5.10 Å². The number of fused-ring (bicyclic) bond motifs is 1.